The number of piperidine rings is 1. The van der Waals surface area contributed by atoms with Crippen LogP contribution in [-0.4, -0.2) is 24.0 Å². The van der Waals surface area contributed by atoms with Crippen LogP contribution in [-0.2, 0) is 4.79 Å². The summed E-state index contributed by atoms with van der Waals surface area (Å²) in [6, 6.07) is 15.0. The van der Waals surface area contributed by atoms with E-state index < -0.39 is 0 Å². The fourth-order valence-electron chi connectivity index (χ4n) is 3.85. The molecule has 0 spiro atoms. The maximum absolute atomic E-state index is 11.4. The van der Waals surface area contributed by atoms with E-state index in [1.54, 1.807) is 0 Å². The van der Waals surface area contributed by atoms with E-state index in [1.165, 1.54) is 17.5 Å². The molecular formula is C20H23N3O. The molecule has 1 aliphatic carbocycles. The highest BCUT2D eigenvalue weighted by Crippen LogP contribution is 2.54. The number of rotatable bonds is 4. The monoisotopic (exact) mass is 321 g/mol. The van der Waals surface area contributed by atoms with Crippen molar-refractivity contribution in [2.75, 3.05) is 18.0 Å². The average Bonchev–Trinajstić information content (AvgIpc) is 3.43. The summed E-state index contributed by atoms with van der Waals surface area (Å²) in [6.45, 7) is 1.64. The molecule has 4 nitrogen and oxygen atoms in total. The molecule has 0 radical (unpaired) electrons. The second-order valence-electron chi connectivity index (χ2n) is 7.00. The van der Waals surface area contributed by atoms with Crippen molar-refractivity contribution < 1.29 is 4.79 Å². The number of amides is 1. The number of carbonyl (C=O) groups is 1. The molecule has 4 rings (SSSR count). The molecule has 1 aliphatic heterocycles. The Hall–Kier alpha value is -2.36. The maximum atomic E-state index is 11.4. The van der Waals surface area contributed by atoms with Crippen LogP contribution < -0.4 is 10.6 Å². The third-order valence-electron chi connectivity index (χ3n) is 5.36. The Morgan fingerprint density at radius 2 is 1.88 bits per heavy atom. The van der Waals surface area contributed by atoms with E-state index in [9.17, 15) is 4.79 Å². The van der Waals surface area contributed by atoms with Gasteiger partial charge in [0.25, 0.3) is 0 Å². The molecule has 2 fully saturated rings. The molecule has 1 saturated carbocycles. The number of pyridine rings is 1. The van der Waals surface area contributed by atoms with Gasteiger partial charge in [0.1, 0.15) is 5.82 Å². The predicted octanol–water partition coefficient (Wildman–Crippen LogP) is 3.05. The minimum absolute atomic E-state index is 0.0499. The van der Waals surface area contributed by atoms with Crippen LogP contribution in [0.5, 0.6) is 0 Å². The van der Waals surface area contributed by atoms with Gasteiger partial charge in [0.05, 0.1) is 5.92 Å². The molecule has 1 aromatic carbocycles. The van der Waals surface area contributed by atoms with Gasteiger partial charge in [-0.2, -0.15) is 0 Å². The lowest BCUT2D eigenvalue weighted by Gasteiger charge is -2.32. The van der Waals surface area contributed by atoms with Crippen LogP contribution >= 0.6 is 0 Å². The Morgan fingerprint density at radius 3 is 2.58 bits per heavy atom. The van der Waals surface area contributed by atoms with Gasteiger partial charge in [-0.05, 0) is 48.3 Å². The molecular weight excluding hydrogens is 298 g/mol. The first-order valence-electron chi connectivity index (χ1n) is 8.77. The third-order valence-corrected chi connectivity index (χ3v) is 5.36. The van der Waals surface area contributed by atoms with Gasteiger partial charge in [-0.25, -0.2) is 4.98 Å². The summed E-state index contributed by atoms with van der Waals surface area (Å²) < 4.78 is 0. The maximum Gasteiger partial charge on any atom is 0.222 e. The fourth-order valence-corrected chi connectivity index (χ4v) is 3.85. The lowest BCUT2D eigenvalue weighted by atomic mass is 9.97. The number of benzene rings is 1. The van der Waals surface area contributed by atoms with E-state index >= 15 is 0 Å². The predicted molar refractivity (Wildman–Crippen MR) is 94.9 cm³/mol. The lowest BCUT2D eigenvalue weighted by Crippen LogP contribution is -2.41. The number of nitrogens with two attached hydrogens (primary N) is 1. The summed E-state index contributed by atoms with van der Waals surface area (Å²) in [5.41, 5.74) is 8.20. The van der Waals surface area contributed by atoms with Crippen molar-refractivity contribution in [3.8, 4) is 0 Å². The average molecular weight is 321 g/mol. The molecule has 2 N–H and O–H groups in total. The quantitative estimate of drug-likeness (QED) is 0.941. The van der Waals surface area contributed by atoms with Crippen LogP contribution in [0.25, 0.3) is 0 Å². The number of hydrogen-bond donors (Lipinski definition) is 1. The third kappa shape index (κ3) is 3.01. The molecule has 1 amide bonds. The molecule has 4 heteroatoms. The molecule has 1 unspecified atom stereocenters. The normalized spacial score (nSPS) is 26.2. The van der Waals surface area contributed by atoms with Crippen molar-refractivity contribution >= 4 is 11.7 Å². The topological polar surface area (TPSA) is 59.2 Å². The summed E-state index contributed by atoms with van der Waals surface area (Å²) in [5, 5.41) is 0. The van der Waals surface area contributed by atoms with E-state index in [0.29, 0.717) is 18.4 Å². The first-order valence-corrected chi connectivity index (χ1v) is 8.77. The molecule has 3 atom stereocenters. The van der Waals surface area contributed by atoms with Crippen molar-refractivity contribution in [3.63, 3.8) is 0 Å². The zero-order chi connectivity index (χ0) is 16.5. The van der Waals surface area contributed by atoms with Gasteiger partial charge in [-0.3, -0.25) is 4.79 Å². The lowest BCUT2D eigenvalue weighted by molar-refractivity contribution is -0.122. The van der Waals surface area contributed by atoms with Crippen molar-refractivity contribution in [2.45, 2.75) is 31.1 Å². The zero-order valence-electron chi connectivity index (χ0n) is 13.8. The molecule has 2 aromatic rings. The molecule has 2 heterocycles. The van der Waals surface area contributed by atoms with E-state index in [2.05, 4.69) is 52.3 Å². The molecule has 0 bridgehead atoms. The second-order valence-corrected chi connectivity index (χ2v) is 7.00. The number of carbonyl (C=O) groups excluding carboxylic acids is 1. The largest absolute Gasteiger partial charge is 0.369 e. The SMILES string of the molecule is NC(=O)C1CCCN(c2ccc([C@@H]3C[C@H]3c3ccccc3)cn2)C1. The minimum atomic E-state index is -0.194. The van der Waals surface area contributed by atoms with Crippen molar-refractivity contribution in [2.24, 2.45) is 11.7 Å². The Bertz CT molecular complexity index is 713. The van der Waals surface area contributed by atoms with Crippen molar-refractivity contribution in [1.29, 1.82) is 0 Å². The summed E-state index contributed by atoms with van der Waals surface area (Å²) in [6.07, 6.45) is 5.11. The Labute approximate surface area is 142 Å². The molecule has 1 saturated heterocycles. The highest BCUT2D eigenvalue weighted by molar-refractivity contribution is 5.77. The number of hydrogen-bond acceptors (Lipinski definition) is 3. The van der Waals surface area contributed by atoms with Crippen molar-refractivity contribution in [3.05, 3.63) is 59.8 Å². The Balaban J connectivity index is 1.43. The van der Waals surface area contributed by atoms with Crippen LogP contribution in [0.1, 0.15) is 42.2 Å². The summed E-state index contributed by atoms with van der Waals surface area (Å²) in [7, 11) is 0. The highest BCUT2D eigenvalue weighted by Gasteiger charge is 2.39. The molecule has 24 heavy (non-hydrogen) atoms. The van der Waals surface area contributed by atoms with E-state index in [4.69, 9.17) is 5.73 Å². The summed E-state index contributed by atoms with van der Waals surface area (Å²) in [5.74, 6) is 1.94. The summed E-state index contributed by atoms with van der Waals surface area (Å²) in [4.78, 5) is 18.3. The number of nitrogens with zero attached hydrogens (tertiary/aromatic N) is 2. The standard InChI is InChI=1S/C20H23N3O/c21-20(24)16-7-4-10-23(13-16)19-9-8-15(12-22-19)18-11-17(18)14-5-2-1-3-6-14/h1-3,5-6,8-9,12,16-18H,4,7,10-11,13H2,(H2,21,24)/t16?,17-,18-/m0/s1. The van der Waals surface area contributed by atoms with E-state index in [-0.39, 0.29) is 11.8 Å². The Kier molecular flexibility index (Phi) is 3.97. The van der Waals surface area contributed by atoms with Crippen molar-refractivity contribution in [1.82, 2.24) is 4.98 Å². The van der Waals surface area contributed by atoms with Gasteiger partial charge in [0, 0.05) is 19.3 Å². The first kappa shape index (κ1) is 15.2. The molecule has 1 aromatic heterocycles. The van der Waals surface area contributed by atoms with Gasteiger partial charge < -0.3 is 10.6 Å². The van der Waals surface area contributed by atoms with Crippen LogP contribution in [0, 0.1) is 5.92 Å². The summed E-state index contributed by atoms with van der Waals surface area (Å²) >= 11 is 0. The zero-order valence-corrected chi connectivity index (χ0v) is 13.8. The molecule has 2 aliphatic rings. The van der Waals surface area contributed by atoms with Crippen LogP contribution in [0.3, 0.4) is 0 Å². The van der Waals surface area contributed by atoms with Crippen LogP contribution in [0.15, 0.2) is 48.7 Å². The Morgan fingerprint density at radius 1 is 1.08 bits per heavy atom. The molecule has 124 valence electrons. The van der Waals surface area contributed by atoms with Gasteiger partial charge in [-0.1, -0.05) is 36.4 Å². The van der Waals surface area contributed by atoms with Gasteiger partial charge >= 0.3 is 0 Å². The van der Waals surface area contributed by atoms with Crippen LogP contribution in [0.2, 0.25) is 0 Å². The van der Waals surface area contributed by atoms with E-state index in [1.807, 2.05) is 6.20 Å². The fraction of sp³-hybridized carbons (Fsp3) is 0.400. The number of anilines is 1. The minimum Gasteiger partial charge on any atom is -0.369 e. The highest BCUT2D eigenvalue weighted by atomic mass is 16.1. The number of aromatic nitrogens is 1. The number of primary amides is 1. The second kappa shape index (κ2) is 6.27. The van der Waals surface area contributed by atoms with E-state index in [0.717, 1.165) is 25.2 Å². The van der Waals surface area contributed by atoms with Gasteiger partial charge in [0.15, 0.2) is 0 Å². The smallest absolute Gasteiger partial charge is 0.222 e. The van der Waals surface area contributed by atoms with Crippen LogP contribution in [0.4, 0.5) is 5.82 Å². The first-order chi connectivity index (χ1) is 11.7. The van der Waals surface area contributed by atoms with Gasteiger partial charge in [-0.15, -0.1) is 0 Å². The van der Waals surface area contributed by atoms with Gasteiger partial charge in [0.2, 0.25) is 5.91 Å².